The van der Waals surface area contributed by atoms with Crippen molar-refractivity contribution in [3.63, 3.8) is 0 Å². The first-order chi connectivity index (χ1) is 15.0. The fraction of sp³-hybridized carbons (Fsp3) is 0.389. The average Bonchev–Trinajstić information content (AvgIpc) is 2.70. The fourth-order valence-electron chi connectivity index (χ4n) is 2.29. The number of carboxylic acid groups (broad SMARTS) is 3. The second-order valence-electron chi connectivity index (χ2n) is 6.47. The molecule has 0 saturated heterocycles. The van der Waals surface area contributed by atoms with Gasteiger partial charge in [-0.05, 0) is 6.42 Å². The van der Waals surface area contributed by atoms with Gasteiger partial charge in [0.1, 0.15) is 6.04 Å². The van der Waals surface area contributed by atoms with Crippen molar-refractivity contribution in [2.75, 3.05) is 16.8 Å². The van der Waals surface area contributed by atoms with Gasteiger partial charge in [0.2, 0.25) is 0 Å². The van der Waals surface area contributed by atoms with E-state index in [2.05, 4.69) is 10.6 Å². The van der Waals surface area contributed by atoms with Crippen molar-refractivity contribution in [3.8, 4) is 0 Å². The van der Waals surface area contributed by atoms with Crippen LogP contribution in [0.4, 0.5) is 10.5 Å². The minimum absolute atomic E-state index is 0.100. The van der Waals surface area contributed by atoms with Crippen molar-refractivity contribution in [3.05, 3.63) is 24.3 Å². The SMILES string of the molecule is C[As](O)c1ccc(NC(=O)CSCC(NC(=O)NC(CCC(=O)O)C(=O)O)C(=O)O)cc1. The van der Waals surface area contributed by atoms with Crippen LogP contribution in [0.5, 0.6) is 0 Å². The normalized spacial score (nSPS) is 13.3. The van der Waals surface area contributed by atoms with Crippen LogP contribution in [-0.2, 0) is 19.2 Å². The van der Waals surface area contributed by atoms with Crippen molar-refractivity contribution >= 4 is 66.6 Å². The number of carboxylic acids is 3. The van der Waals surface area contributed by atoms with Crippen LogP contribution in [0.3, 0.4) is 0 Å². The zero-order valence-corrected chi connectivity index (χ0v) is 19.7. The number of carbonyl (C=O) groups is 5. The number of aliphatic carboxylic acids is 3. The van der Waals surface area contributed by atoms with E-state index in [1.54, 1.807) is 30.0 Å². The Hall–Kier alpha value is -2.76. The molecule has 176 valence electrons. The number of hydrogen-bond donors (Lipinski definition) is 7. The monoisotopic (exact) mass is 533 g/mol. The van der Waals surface area contributed by atoms with Crippen molar-refractivity contribution in [1.29, 1.82) is 0 Å². The minimum atomic E-state index is -2.00. The second-order valence-corrected chi connectivity index (χ2v) is 10.8. The second kappa shape index (κ2) is 13.6. The molecule has 1 rings (SSSR count). The Morgan fingerprint density at radius 1 is 0.969 bits per heavy atom. The van der Waals surface area contributed by atoms with Gasteiger partial charge in [0.15, 0.2) is 0 Å². The predicted molar refractivity (Wildman–Crippen MR) is 117 cm³/mol. The van der Waals surface area contributed by atoms with E-state index >= 15 is 0 Å². The molecule has 0 spiro atoms. The number of carbonyl (C=O) groups excluding carboxylic acids is 2. The molecule has 0 heterocycles. The Morgan fingerprint density at radius 2 is 1.53 bits per heavy atom. The maximum absolute atomic E-state index is 12.0. The number of benzene rings is 1. The van der Waals surface area contributed by atoms with E-state index in [1.807, 2.05) is 5.32 Å². The first kappa shape index (κ1) is 27.3. The third-order valence-corrected chi connectivity index (χ3v) is 7.12. The van der Waals surface area contributed by atoms with Crippen LogP contribution in [0.15, 0.2) is 24.3 Å². The van der Waals surface area contributed by atoms with Crippen LogP contribution >= 0.6 is 11.8 Å². The van der Waals surface area contributed by atoms with Gasteiger partial charge in [0.25, 0.3) is 0 Å². The van der Waals surface area contributed by atoms with Crippen molar-refractivity contribution < 1.29 is 43.4 Å². The Labute approximate surface area is 192 Å². The predicted octanol–water partition coefficient (Wildman–Crippen LogP) is -0.751. The maximum atomic E-state index is 12.0. The molecule has 3 unspecified atom stereocenters. The van der Waals surface area contributed by atoms with Gasteiger partial charge in [-0.15, -0.1) is 0 Å². The summed E-state index contributed by atoms with van der Waals surface area (Å²) in [5.74, 6) is -4.75. The molecule has 1 aromatic carbocycles. The van der Waals surface area contributed by atoms with Crippen LogP contribution in [0.25, 0.3) is 0 Å². The number of anilines is 1. The Balaban J connectivity index is 2.50. The van der Waals surface area contributed by atoms with Crippen LogP contribution in [0.2, 0.25) is 5.71 Å². The van der Waals surface area contributed by atoms with Crippen molar-refractivity contribution in [2.45, 2.75) is 30.6 Å². The van der Waals surface area contributed by atoms with E-state index < -0.39 is 63.3 Å². The van der Waals surface area contributed by atoms with E-state index in [0.29, 0.717) is 5.69 Å². The number of hydrogen-bond acceptors (Lipinski definition) is 7. The third kappa shape index (κ3) is 10.5. The fourth-order valence-corrected chi connectivity index (χ4v) is 4.34. The van der Waals surface area contributed by atoms with Gasteiger partial charge in [-0.3, -0.25) is 4.79 Å². The molecule has 0 aromatic heterocycles. The number of thioether (sulfide) groups is 1. The summed E-state index contributed by atoms with van der Waals surface area (Å²) in [7, 11) is 0. The molecule has 0 aliphatic rings. The molecule has 3 atom stereocenters. The molecular weight excluding hydrogens is 509 g/mol. The van der Waals surface area contributed by atoms with Gasteiger partial charge in [-0.25, -0.2) is 9.59 Å². The molecule has 3 amide bonds. The quantitative estimate of drug-likeness (QED) is 0.158. The molecule has 7 N–H and O–H groups in total. The van der Waals surface area contributed by atoms with E-state index in [9.17, 15) is 33.2 Å². The molecule has 0 fully saturated rings. The van der Waals surface area contributed by atoms with E-state index in [1.165, 1.54) is 0 Å². The zero-order valence-electron chi connectivity index (χ0n) is 17.0. The molecule has 0 bridgehead atoms. The summed E-state index contributed by atoms with van der Waals surface area (Å²) in [5.41, 5.74) is 2.27. The molecule has 0 aliphatic heterocycles. The van der Waals surface area contributed by atoms with E-state index in [4.69, 9.17) is 10.2 Å². The molecule has 14 heteroatoms. The third-order valence-electron chi connectivity index (χ3n) is 3.90. The number of rotatable bonds is 13. The first-order valence-electron chi connectivity index (χ1n) is 9.14. The molecule has 12 nitrogen and oxygen atoms in total. The van der Waals surface area contributed by atoms with E-state index in [0.717, 1.165) is 16.1 Å². The number of amides is 3. The van der Waals surface area contributed by atoms with Gasteiger partial charge >= 0.3 is 144 Å². The molecule has 32 heavy (non-hydrogen) atoms. The molecule has 0 saturated carbocycles. The molecule has 1 aromatic rings. The first-order valence-corrected chi connectivity index (χ1v) is 13.9. The average molecular weight is 533 g/mol. The summed E-state index contributed by atoms with van der Waals surface area (Å²) in [5, 5.41) is 33.6. The van der Waals surface area contributed by atoms with Gasteiger partial charge in [-0.1, -0.05) is 0 Å². The van der Waals surface area contributed by atoms with Gasteiger partial charge in [-0.2, -0.15) is 0 Å². The Morgan fingerprint density at radius 3 is 2.03 bits per heavy atom. The van der Waals surface area contributed by atoms with Gasteiger partial charge in [0.05, 0.1) is 0 Å². The summed E-state index contributed by atoms with van der Waals surface area (Å²) in [6.07, 6.45) is -0.862. The summed E-state index contributed by atoms with van der Waals surface area (Å²) in [6, 6.07) is 2.74. The standard InChI is InChI=1S/C18H24AsN3O9S/c1-19(31)10-2-4-11(5-3-10)20-14(23)9-32-8-13(17(28)29)22-18(30)21-12(16(26)27)6-7-15(24)25/h2-5,12-13,31H,6-9H2,1H3,(H,20,23)(H,24,25)(H,26,27)(H,28,29)(H2,21,22,30). The van der Waals surface area contributed by atoms with Crippen molar-refractivity contribution in [1.82, 2.24) is 10.6 Å². The van der Waals surface area contributed by atoms with Crippen molar-refractivity contribution in [2.24, 2.45) is 0 Å². The van der Waals surface area contributed by atoms with Crippen LogP contribution in [-0.4, -0.2) is 87.8 Å². The van der Waals surface area contributed by atoms with Crippen LogP contribution < -0.4 is 20.3 Å². The molecule has 0 radical (unpaired) electrons. The summed E-state index contributed by atoms with van der Waals surface area (Å²) >= 11 is -1.05. The number of nitrogens with one attached hydrogen (secondary N) is 3. The summed E-state index contributed by atoms with van der Waals surface area (Å²) in [6.45, 7) is 0. The van der Waals surface area contributed by atoms with E-state index in [-0.39, 0.29) is 17.9 Å². The number of urea groups is 1. The zero-order chi connectivity index (χ0) is 24.3. The Kier molecular flexibility index (Phi) is 11.6. The summed E-state index contributed by atoms with van der Waals surface area (Å²) in [4.78, 5) is 57.0. The topological polar surface area (TPSA) is 202 Å². The van der Waals surface area contributed by atoms with Crippen LogP contribution in [0.1, 0.15) is 12.8 Å². The van der Waals surface area contributed by atoms with Gasteiger partial charge in [0, 0.05) is 6.42 Å². The van der Waals surface area contributed by atoms with Crippen LogP contribution in [0, 0.1) is 0 Å². The Bertz CT molecular complexity index is 835. The molecular formula is C18H24AsN3O9S. The summed E-state index contributed by atoms with van der Waals surface area (Å²) < 4.78 is 10.4. The molecule has 0 aliphatic carbocycles. The van der Waals surface area contributed by atoms with Gasteiger partial charge < -0.3 is 15.5 Å².